The maximum Gasteiger partial charge on any atom is 0.324 e. The summed E-state index contributed by atoms with van der Waals surface area (Å²) in [5, 5.41) is 19.6. The van der Waals surface area contributed by atoms with E-state index in [1.54, 1.807) is 32.5 Å². The Morgan fingerprint density at radius 2 is 1.83 bits per heavy atom. The van der Waals surface area contributed by atoms with Crippen LogP contribution in [-0.4, -0.2) is 131 Å². The van der Waals surface area contributed by atoms with Gasteiger partial charge >= 0.3 is 5.97 Å². The second-order valence-electron chi connectivity index (χ2n) is 18.9. The fraction of sp³-hybridized carbons (Fsp3) is 0.510. The number of ether oxygens (including phenoxy) is 2. The zero-order chi connectivity index (χ0) is 46.9. The lowest BCUT2D eigenvalue weighted by molar-refractivity contribution is -0.155. The van der Waals surface area contributed by atoms with Crippen LogP contribution in [0, 0.1) is 11.3 Å². The Morgan fingerprint density at radius 1 is 1.08 bits per heavy atom. The molecule has 4 N–H and O–H groups in total. The molecule has 5 heterocycles. The number of hydrazine groups is 1. The van der Waals surface area contributed by atoms with Crippen molar-refractivity contribution in [3.8, 4) is 28.1 Å². The van der Waals surface area contributed by atoms with Crippen molar-refractivity contribution in [3.05, 3.63) is 71.5 Å². The minimum Gasteiger partial charge on any atom is -0.508 e. The van der Waals surface area contributed by atoms with E-state index in [0.29, 0.717) is 43.5 Å². The third kappa shape index (κ3) is 10.2. The molecular formula is C49H64N8O8. The second kappa shape index (κ2) is 19.3. The molecule has 16 nitrogen and oxygen atoms in total. The zero-order valence-electron chi connectivity index (χ0n) is 39.1. The Bertz CT molecular complexity index is 2460. The summed E-state index contributed by atoms with van der Waals surface area (Å²) < 4.78 is 14.2. The average Bonchev–Trinajstić information content (AvgIpc) is 4.09. The number of esters is 1. The van der Waals surface area contributed by atoms with Crippen molar-refractivity contribution >= 4 is 40.5 Å². The first-order chi connectivity index (χ1) is 30.9. The highest BCUT2D eigenvalue weighted by atomic mass is 16.5. The van der Waals surface area contributed by atoms with Crippen LogP contribution >= 0.6 is 0 Å². The maximum atomic E-state index is 14.7. The first kappa shape index (κ1) is 47.1. The maximum absolute atomic E-state index is 14.7. The molecule has 7 rings (SSSR count). The number of hydrogen-bond acceptors (Lipinski definition) is 11. The van der Waals surface area contributed by atoms with Crippen LogP contribution in [0.5, 0.6) is 5.75 Å². The van der Waals surface area contributed by atoms with Gasteiger partial charge in [0.1, 0.15) is 23.9 Å². The monoisotopic (exact) mass is 892 g/mol. The molecule has 0 aliphatic carbocycles. The van der Waals surface area contributed by atoms with Crippen molar-refractivity contribution in [2.45, 2.75) is 104 Å². The SMILES string of the molecule is CCn1c(-c2cccnc2[C@H](C)OC)c2c3cc(ccc31)-c1cc(O)cc(c1)C[C@H](NC(=O)C(C(C)C)N(C)C(=O)CN(C)C(=O)[C@H]1CN1)C(=O)N1CCC[C@H](N1)C(=O)OCC(C)(C)C2. The number of aromatic nitrogens is 2. The molecule has 6 bridgehead atoms. The van der Waals surface area contributed by atoms with Crippen molar-refractivity contribution in [3.63, 3.8) is 0 Å². The van der Waals surface area contributed by atoms with Crippen LogP contribution in [0.25, 0.3) is 33.3 Å². The highest BCUT2D eigenvalue weighted by molar-refractivity contribution is 5.96. The van der Waals surface area contributed by atoms with E-state index in [-0.39, 0.29) is 55.8 Å². The van der Waals surface area contributed by atoms with Gasteiger partial charge in [-0.1, -0.05) is 39.8 Å². The molecule has 2 aromatic heterocycles. The van der Waals surface area contributed by atoms with Gasteiger partial charge in [0.05, 0.1) is 36.7 Å². The van der Waals surface area contributed by atoms with Gasteiger partial charge in [-0.05, 0) is 97.7 Å². The number of carbonyl (C=O) groups is 5. The van der Waals surface area contributed by atoms with Crippen molar-refractivity contribution in [2.24, 2.45) is 11.3 Å². The van der Waals surface area contributed by atoms with Crippen LogP contribution in [0.1, 0.15) is 77.3 Å². The number of pyridine rings is 1. The number of aromatic hydroxyl groups is 1. The fourth-order valence-corrected chi connectivity index (χ4v) is 9.30. The highest BCUT2D eigenvalue weighted by Gasteiger charge is 2.39. The van der Waals surface area contributed by atoms with Gasteiger partial charge in [0, 0.05) is 75.3 Å². The van der Waals surface area contributed by atoms with Gasteiger partial charge in [-0.25, -0.2) is 5.43 Å². The summed E-state index contributed by atoms with van der Waals surface area (Å²) in [5.74, 6) is -2.56. The summed E-state index contributed by atoms with van der Waals surface area (Å²) in [6, 6.07) is 12.1. The number of aryl methyl sites for hydroxylation is 1. The first-order valence-electron chi connectivity index (χ1n) is 22.7. The number of rotatable bonds is 11. The number of nitrogens with one attached hydrogen (secondary N) is 3. The molecule has 3 aliphatic heterocycles. The number of amides is 4. The molecule has 4 amide bonds. The summed E-state index contributed by atoms with van der Waals surface area (Å²) in [7, 11) is 4.74. The minimum atomic E-state index is -1.18. The molecule has 3 aliphatic rings. The summed E-state index contributed by atoms with van der Waals surface area (Å²) >= 11 is 0. The number of hydrogen-bond donors (Lipinski definition) is 4. The number of nitrogens with zero attached hydrogens (tertiary/aromatic N) is 5. The van der Waals surface area contributed by atoms with E-state index < -0.39 is 47.2 Å². The largest absolute Gasteiger partial charge is 0.508 e. The molecule has 65 heavy (non-hydrogen) atoms. The van der Waals surface area contributed by atoms with Gasteiger partial charge in [0.2, 0.25) is 17.7 Å². The topological polar surface area (TPSA) is 198 Å². The van der Waals surface area contributed by atoms with E-state index >= 15 is 0 Å². The Balaban J connectivity index is 1.31. The lowest BCUT2D eigenvalue weighted by atomic mass is 9.84. The van der Waals surface area contributed by atoms with Crippen molar-refractivity contribution < 1.29 is 38.6 Å². The van der Waals surface area contributed by atoms with Crippen LogP contribution in [0.2, 0.25) is 0 Å². The molecule has 2 aromatic carbocycles. The Hall–Kier alpha value is -5.84. The molecule has 0 spiro atoms. The van der Waals surface area contributed by atoms with Crippen LogP contribution in [0.15, 0.2) is 54.7 Å². The predicted molar refractivity (Wildman–Crippen MR) is 246 cm³/mol. The van der Waals surface area contributed by atoms with E-state index in [1.807, 2.05) is 39.0 Å². The van der Waals surface area contributed by atoms with E-state index in [0.717, 1.165) is 39.0 Å². The minimum absolute atomic E-state index is 0.0179. The Kier molecular flexibility index (Phi) is 14.0. The normalized spacial score (nSPS) is 20.7. The summed E-state index contributed by atoms with van der Waals surface area (Å²) in [6.45, 7) is 13.2. The number of carbonyl (C=O) groups excluding carboxylic acids is 5. The Labute approximate surface area is 381 Å². The van der Waals surface area contributed by atoms with Gasteiger partial charge < -0.3 is 39.6 Å². The van der Waals surface area contributed by atoms with Gasteiger partial charge in [-0.2, -0.15) is 0 Å². The lowest BCUT2D eigenvalue weighted by Gasteiger charge is -2.37. The number of phenols is 1. The number of likely N-dealkylation sites (N-methyl/N-ethyl adjacent to an activating group) is 2. The summed E-state index contributed by atoms with van der Waals surface area (Å²) in [5.41, 5.74) is 9.48. The summed E-state index contributed by atoms with van der Waals surface area (Å²) in [6.07, 6.45) is 2.94. The van der Waals surface area contributed by atoms with Gasteiger partial charge in [-0.3, -0.25) is 34.0 Å². The van der Waals surface area contributed by atoms with Crippen LogP contribution < -0.4 is 16.1 Å². The zero-order valence-corrected chi connectivity index (χ0v) is 39.1. The van der Waals surface area contributed by atoms with E-state index in [1.165, 1.54) is 21.9 Å². The molecule has 0 saturated carbocycles. The van der Waals surface area contributed by atoms with E-state index in [9.17, 15) is 29.1 Å². The molecule has 16 heteroatoms. The van der Waals surface area contributed by atoms with Crippen LogP contribution in [0.3, 0.4) is 0 Å². The quantitative estimate of drug-likeness (QED) is 0.123. The molecule has 2 saturated heterocycles. The lowest BCUT2D eigenvalue weighted by Crippen LogP contribution is -2.62. The third-order valence-corrected chi connectivity index (χ3v) is 12.8. The smallest absolute Gasteiger partial charge is 0.324 e. The predicted octanol–water partition coefficient (Wildman–Crippen LogP) is 4.36. The Morgan fingerprint density at radius 3 is 2.52 bits per heavy atom. The van der Waals surface area contributed by atoms with Crippen molar-refractivity contribution in [1.29, 1.82) is 0 Å². The molecule has 1 unspecified atom stereocenters. The molecule has 2 fully saturated rings. The van der Waals surface area contributed by atoms with Gasteiger partial charge in [-0.15, -0.1) is 0 Å². The number of benzene rings is 2. The number of phenolic OH excluding ortho intramolecular Hbond substituents is 1. The first-order valence-corrected chi connectivity index (χ1v) is 22.7. The highest BCUT2D eigenvalue weighted by Crippen LogP contribution is 2.42. The van der Waals surface area contributed by atoms with E-state index in [4.69, 9.17) is 14.5 Å². The van der Waals surface area contributed by atoms with Gasteiger partial charge in [0.15, 0.2) is 0 Å². The average molecular weight is 893 g/mol. The molecular weight excluding hydrogens is 829 g/mol. The molecule has 4 aromatic rings. The van der Waals surface area contributed by atoms with Crippen LogP contribution in [-0.2, 0) is 52.8 Å². The fourth-order valence-electron chi connectivity index (χ4n) is 9.30. The van der Waals surface area contributed by atoms with Crippen LogP contribution in [0.4, 0.5) is 0 Å². The van der Waals surface area contributed by atoms with Crippen molar-refractivity contribution in [2.75, 3.05) is 47.4 Å². The van der Waals surface area contributed by atoms with Crippen molar-refractivity contribution in [1.82, 2.24) is 40.4 Å². The second-order valence-corrected chi connectivity index (χ2v) is 18.9. The standard InChI is InChI=1S/C49H64N8O8/c1-10-56-40-16-15-31-23-35(40)36(44(56)34-13-11-17-50-42(34)29(4)64-9)24-49(5,6)27-65-48(63)37-14-12-18-57(53-37)47(62)38(21-30-19-32(31)22-33(58)20-30)52-45(60)43(28(2)3)55(8)41(59)26-54(7)46(61)39-25-51-39/h11,13,15-17,19-20,22-23,28-29,37-39,43,51,53,58H,10,12,14,18,21,24-27H2,1-9H3,(H,52,60)/t29-,37-,38-,39+,43?/m0/s1. The van der Waals surface area contributed by atoms with E-state index in [2.05, 4.69) is 59.6 Å². The summed E-state index contributed by atoms with van der Waals surface area (Å²) in [4.78, 5) is 76.6. The molecule has 5 atom stereocenters. The molecule has 0 radical (unpaired) electrons. The van der Waals surface area contributed by atoms with Gasteiger partial charge in [0.25, 0.3) is 5.91 Å². The number of cyclic esters (lactones) is 1. The number of fused-ring (bicyclic) bond motifs is 6. The molecule has 348 valence electrons. The number of methoxy groups -OCH3 is 1. The third-order valence-electron chi connectivity index (χ3n) is 12.8.